The lowest BCUT2D eigenvalue weighted by atomic mass is 10.2. The summed E-state index contributed by atoms with van der Waals surface area (Å²) < 4.78 is 11.0. The van der Waals surface area contributed by atoms with Crippen LogP contribution in [0.2, 0.25) is 0 Å². The molecule has 0 saturated heterocycles. The van der Waals surface area contributed by atoms with Gasteiger partial charge < -0.3 is 19.9 Å². The van der Waals surface area contributed by atoms with Crippen LogP contribution in [0.5, 0.6) is 11.5 Å². The van der Waals surface area contributed by atoms with Crippen molar-refractivity contribution in [3.05, 3.63) is 48.8 Å². The van der Waals surface area contributed by atoms with Crippen LogP contribution in [0, 0.1) is 0 Å². The van der Waals surface area contributed by atoms with Crippen LogP contribution in [0.25, 0.3) is 10.9 Å². The Balaban J connectivity index is 1.92. The second-order valence-electron chi connectivity index (χ2n) is 5.53. The molecule has 7 heteroatoms. The topological polar surface area (TPSA) is 93.6 Å². The molecule has 0 radical (unpaired) electrons. The lowest BCUT2D eigenvalue weighted by molar-refractivity contribution is -0.122. The van der Waals surface area contributed by atoms with Gasteiger partial charge in [0.1, 0.15) is 18.8 Å². The van der Waals surface area contributed by atoms with Crippen molar-refractivity contribution in [3.8, 4) is 11.5 Å². The summed E-state index contributed by atoms with van der Waals surface area (Å²) in [6.07, 6.45) is 1.60. The quantitative estimate of drug-likeness (QED) is 0.643. The molecule has 0 aliphatic carbocycles. The SMILES string of the molecule is COc1cc2ncnc(Nc3ccccc3)c2cc1OCCC(=O)CO. The third-order valence-corrected chi connectivity index (χ3v) is 3.77. The normalized spacial score (nSPS) is 10.5. The molecule has 0 saturated carbocycles. The second-order valence-corrected chi connectivity index (χ2v) is 5.53. The molecular weight excluding hydrogens is 334 g/mol. The third kappa shape index (κ3) is 4.07. The number of para-hydroxylation sites is 1. The highest BCUT2D eigenvalue weighted by molar-refractivity contribution is 5.93. The molecule has 26 heavy (non-hydrogen) atoms. The minimum Gasteiger partial charge on any atom is -0.493 e. The van der Waals surface area contributed by atoms with E-state index in [4.69, 9.17) is 14.6 Å². The molecule has 7 nitrogen and oxygen atoms in total. The van der Waals surface area contributed by atoms with Crippen molar-refractivity contribution in [2.45, 2.75) is 6.42 Å². The predicted octanol–water partition coefficient (Wildman–Crippen LogP) is 2.71. The number of benzene rings is 2. The number of carbonyl (C=O) groups excluding carboxylic acids is 1. The molecule has 0 amide bonds. The number of methoxy groups -OCH3 is 1. The number of aliphatic hydroxyl groups excluding tert-OH is 1. The van der Waals surface area contributed by atoms with Crippen molar-refractivity contribution < 1.29 is 19.4 Å². The standard InChI is InChI=1S/C19H19N3O4/c1-25-17-10-16-15(9-18(17)26-8-7-14(24)11-23)19(21-12-20-16)22-13-5-3-2-4-6-13/h2-6,9-10,12,23H,7-8,11H2,1H3,(H,20,21,22). The average Bonchev–Trinajstić information content (AvgIpc) is 2.68. The van der Waals surface area contributed by atoms with Gasteiger partial charge in [0, 0.05) is 23.6 Å². The van der Waals surface area contributed by atoms with Gasteiger partial charge in [0.15, 0.2) is 17.3 Å². The number of Topliss-reactive ketones (excluding diaryl/α,β-unsaturated/α-hetero) is 1. The predicted molar refractivity (Wildman–Crippen MR) is 98.0 cm³/mol. The summed E-state index contributed by atoms with van der Waals surface area (Å²) in [4.78, 5) is 19.8. The summed E-state index contributed by atoms with van der Waals surface area (Å²) in [6, 6.07) is 13.2. The number of aliphatic hydroxyl groups is 1. The van der Waals surface area contributed by atoms with Gasteiger partial charge in [-0.25, -0.2) is 9.97 Å². The largest absolute Gasteiger partial charge is 0.493 e. The van der Waals surface area contributed by atoms with E-state index in [0.717, 1.165) is 11.1 Å². The average molecular weight is 353 g/mol. The van der Waals surface area contributed by atoms with E-state index in [2.05, 4.69) is 15.3 Å². The van der Waals surface area contributed by atoms with Crippen LogP contribution in [0.1, 0.15) is 6.42 Å². The van der Waals surface area contributed by atoms with Gasteiger partial charge in [0.2, 0.25) is 0 Å². The van der Waals surface area contributed by atoms with E-state index in [0.29, 0.717) is 22.8 Å². The maximum Gasteiger partial charge on any atom is 0.162 e. The zero-order valence-corrected chi connectivity index (χ0v) is 14.3. The minimum atomic E-state index is -0.489. The number of nitrogens with zero attached hydrogens (tertiary/aromatic N) is 2. The fraction of sp³-hybridized carbons (Fsp3) is 0.211. The van der Waals surface area contributed by atoms with Gasteiger partial charge in [-0.1, -0.05) is 18.2 Å². The maximum atomic E-state index is 11.2. The number of hydrogen-bond donors (Lipinski definition) is 2. The molecule has 134 valence electrons. The summed E-state index contributed by atoms with van der Waals surface area (Å²) >= 11 is 0. The van der Waals surface area contributed by atoms with Crippen LogP contribution in [0.4, 0.5) is 11.5 Å². The van der Waals surface area contributed by atoms with Gasteiger partial charge in [0.25, 0.3) is 0 Å². The second kappa shape index (κ2) is 8.26. The molecule has 2 aromatic carbocycles. The Morgan fingerprint density at radius 1 is 1.15 bits per heavy atom. The van der Waals surface area contributed by atoms with Gasteiger partial charge in [-0.2, -0.15) is 0 Å². The molecule has 2 N–H and O–H groups in total. The molecule has 0 fully saturated rings. The number of ether oxygens (including phenoxy) is 2. The number of nitrogens with one attached hydrogen (secondary N) is 1. The Kier molecular flexibility index (Phi) is 5.60. The van der Waals surface area contributed by atoms with Crippen molar-refractivity contribution in [1.29, 1.82) is 0 Å². The van der Waals surface area contributed by atoms with E-state index in [1.165, 1.54) is 13.4 Å². The van der Waals surface area contributed by atoms with E-state index in [-0.39, 0.29) is 18.8 Å². The van der Waals surface area contributed by atoms with Crippen molar-refractivity contribution >= 4 is 28.2 Å². The number of ketones is 1. The molecule has 1 aromatic heterocycles. The maximum absolute atomic E-state index is 11.2. The fourth-order valence-corrected chi connectivity index (χ4v) is 2.45. The first-order valence-electron chi connectivity index (χ1n) is 8.11. The molecule has 0 atom stereocenters. The molecule has 3 aromatic rings. The van der Waals surface area contributed by atoms with Crippen LogP contribution in [0.15, 0.2) is 48.8 Å². The summed E-state index contributed by atoms with van der Waals surface area (Å²) in [5, 5.41) is 12.8. The Hall–Kier alpha value is -3.19. The van der Waals surface area contributed by atoms with Crippen LogP contribution in [0.3, 0.4) is 0 Å². The van der Waals surface area contributed by atoms with Gasteiger partial charge in [-0.3, -0.25) is 4.79 Å². The zero-order chi connectivity index (χ0) is 18.4. The number of carbonyl (C=O) groups is 1. The smallest absolute Gasteiger partial charge is 0.162 e. The third-order valence-electron chi connectivity index (χ3n) is 3.77. The summed E-state index contributed by atoms with van der Waals surface area (Å²) in [5.74, 6) is 1.36. The first-order chi connectivity index (χ1) is 12.7. The summed E-state index contributed by atoms with van der Waals surface area (Å²) in [5.41, 5.74) is 1.60. The minimum absolute atomic E-state index is 0.123. The van der Waals surface area contributed by atoms with Gasteiger partial charge in [0.05, 0.1) is 19.2 Å². The molecular formula is C19H19N3O4. The molecule has 0 bridgehead atoms. The van der Waals surface area contributed by atoms with E-state index in [1.807, 2.05) is 30.3 Å². The highest BCUT2D eigenvalue weighted by atomic mass is 16.5. The Morgan fingerprint density at radius 2 is 1.96 bits per heavy atom. The number of hydrogen-bond acceptors (Lipinski definition) is 7. The highest BCUT2D eigenvalue weighted by Gasteiger charge is 2.12. The molecule has 0 aliphatic heterocycles. The lowest BCUT2D eigenvalue weighted by Gasteiger charge is -2.13. The molecule has 1 heterocycles. The summed E-state index contributed by atoms with van der Waals surface area (Å²) in [7, 11) is 1.54. The Morgan fingerprint density at radius 3 is 2.69 bits per heavy atom. The van der Waals surface area contributed by atoms with Crippen molar-refractivity contribution in [3.63, 3.8) is 0 Å². The summed E-state index contributed by atoms with van der Waals surface area (Å²) in [6.45, 7) is -0.340. The van der Waals surface area contributed by atoms with Crippen molar-refractivity contribution in [2.24, 2.45) is 0 Å². The number of anilines is 2. The molecule has 3 rings (SSSR count). The monoisotopic (exact) mass is 353 g/mol. The Labute approximate surface area is 150 Å². The number of rotatable bonds is 8. The Bertz CT molecular complexity index is 900. The van der Waals surface area contributed by atoms with Crippen LogP contribution >= 0.6 is 0 Å². The molecule has 0 aliphatic rings. The van der Waals surface area contributed by atoms with Crippen LogP contribution in [-0.4, -0.2) is 41.2 Å². The molecule has 0 spiro atoms. The zero-order valence-electron chi connectivity index (χ0n) is 14.3. The van der Waals surface area contributed by atoms with Crippen LogP contribution < -0.4 is 14.8 Å². The van der Waals surface area contributed by atoms with Gasteiger partial charge in [-0.15, -0.1) is 0 Å². The fourth-order valence-electron chi connectivity index (χ4n) is 2.45. The van der Waals surface area contributed by atoms with Crippen LogP contribution in [-0.2, 0) is 4.79 Å². The van der Waals surface area contributed by atoms with E-state index in [9.17, 15) is 4.79 Å². The van der Waals surface area contributed by atoms with Gasteiger partial charge in [-0.05, 0) is 18.2 Å². The number of fused-ring (bicyclic) bond motifs is 1. The van der Waals surface area contributed by atoms with Crippen molar-refractivity contribution in [1.82, 2.24) is 9.97 Å². The van der Waals surface area contributed by atoms with Crippen molar-refractivity contribution in [2.75, 3.05) is 25.6 Å². The molecule has 0 unspecified atom stereocenters. The lowest BCUT2D eigenvalue weighted by Crippen LogP contribution is -2.10. The first kappa shape index (κ1) is 17.6. The van der Waals surface area contributed by atoms with E-state index in [1.54, 1.807) is 12.1 Å². The highest BCUT2D eigenvalue weighted by Crippen LogP contribution is 2.34. The van der Waals surface area contributed by atoms with E-state index >= 15 is 0 Å². The van der Waals surface area contributed by atoms with Gasteiger partial charge >= 0.3 is 0 Å². The first-order valence-corrected chi connectivity index (χ1v) is 8.11. The van der Waals surface area contributed by atoms with E-state index < -0.39 is 6.61 Å². The number of aromatic nitrogens is 2.